The van der Waals surface area contributed by atoms with Gasteiger partial charge in [-0.3, -0.25) is 9.59 Å². The molecule has 27 heavy (non-hydrogen) atoms. The molecule has 1 aliphatic heterocycles. The Morgan fingerprint density at radius 1 is 0.815 bits per heavy atom. The summed E-state index contributed by atoms with van der Waals surface area (Å²) in [6.07, 6.45) is 0. The molecule has 3 rings (SSSR count). The monoisotopic (exact) mass is 372 g/mol. The zero-order valence-corrected chi connectivity index (χ0v) is 15.4. The van der Waals surface area contributed by atoms with Crippen LogP contribution in [-0.4, -0.2) is 47.8 Å². The zero-order valence-electron chi connectivity index (χ0n) is 15.4. The van der Waals surface area contributed by atoms with Gasteiger partial charge in [-0.1, -0.05) is 32.0 Å². The van der Waals surface area contributed by atoms with Gasteiger partial charge in [0.05, 0.1) is 0 Å². The first-order valence-electron chi connectivity index (χ1n) is 9.01. The quantitative estimate of drug-likeness (QED) is 0.825. The van der Waals surface area contributed by atoms with E-state index in [4.69, 9.17) is 0 Å². The van der Waals surface area contributed by atoms with Crippen molar-refractivity contribution in [3.8, 4) is 0 Å². The first-order chi connectivity index (χ1) is 12.9. The highest BCUT2D eigenvalue weighted by molar-refractivity contribution is 5.96. The van der Waals surface area contributed by atoms with Crippen LogP contribution in [0, 0.1) is 11.6 Å². The summed E-state index contributed by atoms with van der Waals surface area (Å²) >= 11 is 0. The third kappa shape index (κ3) is 3.99. The number of hydrogen-bond donors (Lipinski definition) is 0. The minimum atomic E-state index is -0.872. The summed E-state index contributed by atoms with van der Waals surface area (Å²) in [7, 11) is 0. The first kappa shape index (κ1) is 19.0. The molecule has 142 valence electrons. The molecule has 0 N–H and O–H groups in total. The van der Waals surface area contributed by atoms with E-state index < -0.39 is 23.1 Å². The molecule has 1 heterocycles. The Hall–Kier alpha value is -2.76. The molecule has 6 heteroatoms. The van der Waals surface area contributed by atoms with Crippen molar-refractivity contribution in [1.82, 2.24) is 9.80 Å². The molecule has 0 radical (unpaired) electrons. The molecule has 1 fully saturated rings. The first-order valence-corrected chi connectivity index (χ1v) is 9.01. The standard InChI is InChI=1S/C21H22F2N2O2/c1-14(2)15-6-8-16(9-7-15)20(26)24-10-12-25(13-11-24)21(27)19-17(22)4-3-5-18(19)23/h3-9,14H,10-13H2,1-2H3. The summed E-state index contributed by atoms with van der Waals surface area (Å²) in [5, 5.41) is 0. The molecule has 0 spiro atoms. The van der Waals surface area contributed by atoms with Gasteiger partial charge in [-0.2, -0.15) is 0 Å². The molecule has 1 saturated heterocycles. The Morgan fingerprint density at radius 2 is 1.30 bits per heavy atom. The Balaban J connectivity index is 1.64. The number of halogens is 2. The van der Waals surface area contributed by atoms with Crippen LogP contribution in [0.1, 0.15) is 46.0 Å². The second-order valence-corrected chi connectivity index (χ2v) is 6.96. The van der Waals surface area contributed by atoms with Crippen LogP contribution < -0.4 is 0 Å². The fourth-order valence-corrected chi connectivity index (χ4v) is 3.17. The minimum absolute atomic E-state index is 0.102. The van der Waals surface area contributed by atoms with Gasteiger partial charge in [0.25, 0.3) is 11.8 Å². The molecule has 2 amide bonds. The van der Waals surface area contributed by atoms with E-state index in [2.05, 4.69) is 13.8 Å². The van der Waals surface area contributed by atoms with Crippen LogP contribution in [0.25, 0.3) is 0 Å². The number of nitrogens with zero attached hydrogens (tertiary/aromatic N) is 2. The summed E-state index contributed by atoms with van der Waals surface area (Å²) in [6, 6.07) is 10.9. The van der Waals surface area contributed by atoms with Crippen LogP contribution in [0.4, 0.5) is 8.78 Å². The summed E-state index contributed by atoms with van der Waals surface area (Å²) in [5.41, 5.74) is 1.22. The van der Waals surface area contributed by atoms with Gasteiger partial charge in [-0.05, 0) is 35.7 Å². The minimum Gasteiger partial charge on any atom is -0.335 e. The SMILES string of the molecule is CC(C)c1ccc(C(=O)N2CCN(C(=O)c3c(F)cccc3F)CC2)cc1. The van der Waals surface area contributed by atoms with Crippen LogP contribution in [0.3, 0.4) is 0 Å². The lowest BCUT2D eigenvalue weighted by Gasteiger charge is -2.35. The second kappa shape index (κ2) is 7.86. The number of benzene rings is 2. The van der Waals surface area contributed by atoms with Gasteiger partial charge in [0, 0.05) is 31.7 Å². The maximum atomic E-state index is 13.8. The summed E-state index contributed by atoms with van der Waals surface area (Å²) in [4.78, 5) is 28.1. The number of rotatable bonds is 3. The van der Waals surface area contributed by atoms with Gasteiger partial charge in [-0.25, -0.2) is 8.78 Å². The maximum absolute atomic E-state index is 13.8. The smallest absolute Gasteiger partial charge is 0.259 e. The van der Waals surface area contributed by atoms with Gasteiger partial charge in [-0.15, -0.1) is 0 Å². The van der Waals surface area contributed by atoms with E-state index >= 15 is 0 Å². The van der Waals surface area contributed by atoms with Crippen molar-refractivity contribution in [3.63, 3.8) is 0 Å². The summed E-state index contributed by atoms with van der Waals surface area (Å²) < 4.78 is 27.6. The van der Waals surface area contributed by atoms with E-state index in [9.17, 15) is 18.4 Å². The number of carbonyl (C=O) groups excluding carboxylic acids is 2. The van der Waals surface area contributed by atoms with Gasteiger partial charge >= 0.3 is 0 Å². The van der Waals surface area contributed by atoms with Crippen molar-refractivity contribution in [2.24, 2.45) is 0 Å². The number of carbonyl (C=O) groups is 2. The molecular weight excluding hydrogens is 350 g/mol. The van der Waals surface area contributed by atoms with Crippen LogP contribution in [0.5, 0.6) is 0 Å². The molecule has 0 atom stereocenters. The maximum Gasteiger partial charge on any atom is 0.259 e. The second-order valence-electron chi connectivity index (χ2n) is 6.96. The molecule has 1 aliphatic rings. The molecule has 0 aliphatic carbocycles. The van der Waals surface area contributed by atoms with Crippen molar-refractivity contribution in [2.45, 2.75) is 19.8 Å². The van der Waals surface area contributed by atoms with Crippen LogP contribution in [0.2, 0.25) is 0 Å². The largest absolute Gasteiger partial charge is 0.335 e. The predicted octanol–water partition coefficient (Wildman–Crippen LogP) is 3.69. The molecule has 0 unspecified atom stereocenters. The number of piperazine rings is 1. The van der Waals surface area contributed by atoms with Crippen molar-refractivity contribution in [3.05, 3.63) is 70.8 Å². The zero-order chi connectivity index (χ0) is 19.6. The Kier molecular flexibility index (Phi) is 5.54. The van der Waals surface area contributed by atoms with E-state index in [1.54, 1.807) is 4.90 Å². The average molecular weight is 372 g/mol. The molecule has 0 saturated carbocycles. The van der Waals surface area contributed by atoms with Crippen LogP contribution in [0.15, 0.2) is 42.5 Å². The molecule has 2 aromatic rings. The molecule has 0 bridgehead atoms. The Morgan fingerprint density at radius 3 is 1.78 bits per heavy atom. The van der Waals surface area contributed by atoms with Crippen molar-refractivity contribution >= 4 is 11.8 Å². The number of hydrogen-bond acceptors (Lipinski definition) is 2. The third-order valence-corrected chi connectivity index (χ3v) is 4.86. The summed E-state index contributed by atoms with van der Waals surface area (Å²) in [5.74, 6) is -2.14. The Labute approximate surface area is 157 Å². The highest BCUT2D eigenvalue weighted by Gasteiger charge is 2.28. The van der Waals surface area contributed by atoms with E-state index in [1.165, 1.54) is 11.0 Å². The molecular formula is C21H22F2N2O2. The van der Waals surface area contributed by atoms with Gasteiger partial charge < -0.3 is 9.80 Å². The normalized spacial score (nSPS) is 14.6. The average Bonchev–Trinajstić information content (AvgIpc) is 2.67. The predicted molar refractivity (Wildman–Crippen MR) is 98.7 cm³/mol. The molecule has 0 aromatic heterocycles. The number of amides is 2. The highest BCUT2D eigenvalue weighted by Crippen LogP contribution is 2.18. The van der Waals surface area contributed by atoms with E-state index in [0.717, 1.165) is 17.7 Å². The van der Waals surface area contributed by atoms with Gasteiger partial charge in [0.1, 0.15) is 17.2 Å². The highest BCUT2D eigenvalue weighted by atomic mass is 19.1. The van der Waals surface area contributed by atoms with Crippen LogP contribution >= 0.6 is 0 Å². The lowest BCUT2D eigenvalue weighted by atomic mass is 10.0. The topological polar surface area (TPSA) is 40.6 Å². The van der Waals surface area contributed by atoms with Gasteiger partial charge in [0.15, 0.2) is 0 Å². The van der Waals surface area contributed by atoms with E-state index in [-0.39, 0.29) is 19.0 Å². The fourth-order valence-electron chi connectivity index (χ4n) is 3.17. The summed E-state index contributed by atoms with van der Waals surface area (Å²) in [6.45, 7) is 5.31. The van der Waals surface area contributed by atoms with Gasteiger partial charge in [0.2, 0.25) is 0 Å². The van der Waals surface area contributed by atoms with Crippen LogP contribution in [-0.2, 0) is 0 Å². The van der Waals surface area contributed by atoms with Crippen molar-refractivity contribution < 1.29 is 18.4 Å². The lowest BCUT2D eigenvalue weighted by Crippen LogP contribution is -2.50. The third-order valence-electron chi connectivity index (χ3n) is 4.86. The molecule has 2 aromatic carbocycles. The van der Waals surface area contributed by atoms with E-state index in [0.29, 0.717) is 24.6 Å². The van der Waals surface area contributed by atoms with Crippen molar-refractivity contribution in [1.29, 1.82) is 0 Å². The lowest BCUT2D eigenvalue weighted by molar-refractivity contribution is 0.0530. The fraction of sp³-hybridized carbons (Fsp3) is 0.333. The Bertz CT molecular complexity index is 822. The van der Waals surface area contributed by atoms with Crippen molar-refractivity contribution in [2.75, 3.05) is 26.2 Å². The molecule has 4 nitrogen and oxygen atoms in total. The van der Waals surface area contributed by atoms with E-state index in [1.807, 2.05) is 24.3 Å².